The maximum absolute atomic E-state index is 12.9. The summed E-state index contributed by atoms with van der Waals surface area (Å²) in [5.74, 6) is 0.0754. The molecule has 3 aromatic carbocycles. The molecule has 156 valence electrons. The molecule has 0 aliphatic carbocycles. The molecule has 0 unspecified atom stereocenters. The number of benzene rings is 3. The fourth-order valence-corrected chi connectivity index (χ4v) is 3.51. The van der Waals surface area contributed by atoms with Gasteiger partial charge in [0.2, 0.25) is 5.82 Å². The van der Waals surface area contributed by atoms with Crippen LogP contribution in [0.5, 0.6) is 0 Å². The standard InChI is InChI=1S/C23H17Cl3N4O/c1-13-4-3-5-15(10-13)22-28-21(23(31)27-16-7-9-18(24)20(26)11-16)29-30(22)17-8-6-14(2)19(25)12-17/h3-12H,1-2H3,(H,27,31). The first-order valence-electron chi connectivity index (χ1n) is 9.39. The average molecular weight is 472 g/mol. The Morgan fingerprint density at radius 2 is 1.71 bits per heavy atom. The summed E-state index contributed by atoms with van der Waals surface area (Å²) in [5.41, 5.74) is 4.04. The minimum absolute atomic E-state index is 0.0132. The number of aryl methyl sites for hydroxylation is 2. The Hall–Kier alpha value is -2.86. The third kappa shape index (κ3) is 4.59. The van der Waals surface area contributed by atoms with Gasteiger partial charge in [0, 0.05) is 16.3 Å². The zero-order chi connectivity index (χ0) is 22.1. The second-order valence-corrected chi connectivity index (χ2v) is 8.28. The lowest BCUT2D eigenvalue weighted by Gasteiger charge is -2.08. The van der Waals surface area contributed by atoms with Crippen LogP contribution in [0.15, 0.2) is 60.7 Å². The molecule has 4 rings (SSSR count). The van der Waals surface area contributed by atoms with E-state index in [0.717, 1.165) is 16.7 Å². The Labute approximate surface area is 194 Å². The van der Waals surface area contributed by atoms with E-state index in [1.165, 1.54) is 0 Å². The van der Waals surface area contributed by atoms with Crippen LogP contribution in [0.1, 0.15) is 21.7 Å². The fourth-order valence-electron chi connectivity index (χ4n) is 3.03. The summed E-state index contributed by atoms with van der Waals surface area (Å²) in [6, 6.07) is 18.2. The molecule has 4 aromatic rings. The smallest absolute Gasteiger partial charge is 0.295 e. The Morgan fingerprint density at radius 1 is 0.903 bits per heavy atom. The quantitative estimate of drug-likeness (QED) is 0.357. The van der Waals surface area contributed by atoms with Crippen LogP contribution in [0.25, 0.3) is 17.1 Å². The van der Waals surface area contributed by atoms with Gasteiger partial charge in [-0.2, -0.15) is 0 Å². The first-order valence-corrected chi connectivity index (χ1v) is 10.5. The van der Waals surface area contributed by atoms with Crippen LogP contribution in [-0.2, 0) is 0 Å². The van der Waals surface area contributed by atoms with E-state index in [1.807, 2.05) is 50.2 Å². The van der Waals surface area contributed by atoms with Crippen LogP contribution in [0.3, 0.4) is 0 Å². The van der Waals surface area contributed by atoms with E-state index >= 15 is 0 Å². The molecule has 0 bridgehead atoms. The molecule has 0 saturated heterocycles. The molecule has 31 heavy (non-hydrogen) atoms. The Morgan fingerprint density at radius 3 is 2.42 bits per heavy atom. The van der Waals surface area contributed by atoms with Crippen molar-refractivity contribution in [2.75, 3.05) is 5.32 Å². The van der Waals surface area contributed by atoms with Gasteiger partial charge in [-0.05, 0) is 55.8 Å². The van der Waals surface area contributed by atoms with Crippen molar-refractivity contribution in [1.82, 2.24) is 14.8 Å². The fraction of sp³-hybridized carbons (Fsp3) is 0.0870. The number of hydrogen-bond donors (Lipinski definition) is 1. The van der Waals surface area contributed by atoms with E-state index in [1.54, 1.807) is 28.9 Å². The highest BCUT2D eigenvalue weighted by Gasteiger charge is 2.20. The van der Waals surface area contributed by atoms with Crippen LogP contribution in [0, 0.1) is 13.8 Å². The predicted molar refractivity (Wildman–Crippen MR) is 126 cm³/mol. The Kier molecular flexibility index (Phi) is 6.01. The number of rotatable bonds is 4. The Bertz CT molecular complexity index is 1300. The highest BCUT2D eigenvalue weighted by Crippen LogP contribution is 2.27. The van der Waals surface area contributed by atoms with Gasteiger partial charge in [-0.3, -0.25) is 4.79 Å². The molecule has 1 amide bonds. The molecule has 1 N–H and O–H groups in total. The molecular formula is C23H17Cl3N4O. The van der Waals surface area contributed by atoms with E-state index in [4.69, 9.17) is 34.8 Å². The second-order valence-electron chi connectivity index (χ2n) is 7.06. The molecule has 0 atom stereocenters. The first kappa shape index (κ1) is 21.4. The van der Waals surface area contributed by atoms with Gasteiger partial charge < -0.3 is 5.32 Å². The van der Waals surface area contributed by atoms with Crippen molar-refractivity contribution in [3.63, 3.8) is 0 Å². The first-order chi connectivity index (χ1) is 14.8. The lowest BCUT2D eigenvalue weighted by Crippen LogP contribution is -2.14. The van der Waals surface area contributed by atoms with Crippen molar-refractivity contribution < 1.29 is 4.79 Å². The zero-order valence-electron chi connectivity index (χ0n) is 16.7. The van der Waals surface area contributed by atoms with E-state index in [9.17, 15) is 4.79 Å². The molecule has 1 heterocycles. The van der Waals surface area contributed by atoms with Gasteiger partial charge in [0.1, 0.15) is 0 Å². The normalized spacial score (nSPS) is 10.9. The van der Waals surface area contributed by atoms with E-state index < -0.39 is 5.91 Å². The van der Waals surface area contributed by atoms with Crippen molar-refractivity contribution >= 4 is 46.4 Å². The SMILES string of the molecule is Cc1cccc(-c2nc(C(=O)Nc3ccc(Cl)c(Cl)c3)nn2-c2ccc(C)c(Cl)c2)c1. The highest BCUT2D eigenvalue weighted by atomic mass is 35.5. The maximum Gasteiger partial charge on any atom is 0.295 e. The summed E-state index contributed by atoms with van der Waals surface area (Å²) in [6.45, 7) is 3.91. The van der Waals surface area contributed by atoms with Crippen molar-refractivity contribution in [2.45, 2.75) is 13.8 Å². The van der Waals surface area contributed by atoms with Crippen LogP contribution in [-0.4, -0.2) is 20.7 Å². The molecule has 5 nitrogen and oxygen atoms in total. The lowest BCUT2D eigenvalue weighted by atomic mass is 10.1. The third-order valence-corrected chi connectivity index (χ3v) is 5.81. The minimum atomic E-state index is -0.468. The molecular weight excluding hydrogens is 455 g/mol. The van der Waals surface area contributed by atoms with Crippen LogP contribution in [0.2, 0.25) is 15.1 Å². The van der Waals surface area contributed by atoms with Gasteiger partial charge >= 0.3 is 0 Å². The number of amides is 1. The molecule has 8 heteroatoms. The second kappa shape index (κ2) is 8.71. The van der Waals surface area contributed by atoms with Crippen LogP contribution in [0.4, 0.5) is 5.69 Å². The van der Waals surface area contributed by atoms with Crippen LogP contribution < -0.4 is 5.32 Å². The van der Waals surface area contributed by atoms with E-state index in [-0.39, 0.29) is 5.82 Å². The summed E-state index contributed by atoms with van der Waals surface area (Å²) >= 11 is 18.3. The molecule has 0 fully saturated rings. The number of nitrogens with zero attached hydrogens (tertiary/aromatic N) is 3. The highest BCUT2D eigenvalue weighted by molar-refractivity contribution is 6.42. The van der Waals surface area contributed by atoms with E-state index in [2.05, 4.69) is 15.4 Å². The summed E-state index contributed by atoms with van der Waals surface area (Å²) in [7, 11) is 0. The molecule has 0 radical (unpaired) electrons. The number of anilines is 1. The number of carbonyl (C=O) groups excluding carboxylic acids is 1. The zero-order valence-corrected chi connectivity index (χ0v) is 18.9. The summed E-state index contributed by atoms with van der Waals surface area (Å²) < 4.78 is 1.61. The molecule has 1 aromatic heterocycles. The summed E-state index contributed by atoms with van der Waals surface area (Å²) in [5, 5.41) is 8.57. The number of hydrogen-bond acceptors (Lipinski definition) is 3. The maximum atomic E-state index is 12.9. The van der Waals surface area contributed by atoms with Crippen molar-refractivity contribution in [3.05, 3.63) is 92.7 Å². The summed E-state index contributed by atoms with van der Waals surface area (Å²) in [6.07, 6.45) is 0. The monoisotopic (exact) mass is 470 g/mol. The van der Waals surface area contributed by atoms with Crippen molar-refractivity contribution in [2.24, 2.45) is 0 Å². The number of carbonyl (C=O) groups is 1. The largest absolute Gasteiger partial charge is 0.319 e. The van der Waals surface area contributed by atoms with Gasteiger partial charge in [0.25, 0.3) is 5.91 Å². The van der Waals surface area contributed by atoms with E-state index in [0.29, 0.717) is 32.3 Å². The van der Waals surface area contributed by atoms with Crippen LogP contribution >= 0.6 is 34.8 Å². The molecule has 0 aliphatic heterocycles. The third-order valence-electron chi connectivity index (χ3n) is 4.66. The van der Waals surface area contributed by atoms with Gasteiger partial charge in [0.05, 0.1) is 15.7 Å². The van der Waals surface area contributed by atoms with Crippen molar-refractivity contribution in [3.8, 4) is 17.1 Å². The Balaban J connectivity index is 1.77. The van der Waals surface area contributed by atoms with Gasteiger partial charge in [-0.15, -0.1) is 5.10 Å². The van der Waals surface area contributed by atoms with Crippen molar-refractivity contribution in [1.29, 1.82) is 0 Å². The van der Waals surface area contributed by atoms with Gasteiger partial charge in [-0.25, -0.2) is 9.67 Å². The number of aromatic nitrogens is 3. The predicted octanol–water partition coefficient (Wildman–Crippen LogP) is 6.76. The topological polar surface area (TPSA) is 59.8 Å². The molecule has 0 saturated carbocycles. The minimum Gasteiger partial charge on any atom is -0.319 e. The number of halogens is 3. The number of nitrogens with one attached hydrogen (secondary N) is 1. The van der Waals surface area contributed by atoms with Gasteiger partial charge in [0.15, 0.2) is 5.82 Å². The summed E-state index contributed by atoms with van der Waals surface area (Å²) in [4.78, 5) is 17.4. The lowest BCUT2D eigenvalue weighted by molar-refractivity contribution is 0.101. The molecule has 0 spiro atoms. The van der Waals surface area contributed by atoms with Gasteiger partial charge in [-0.1, -0.05) is 64.6 Å². The molecule has 0 aliphatic rings. The average Bonchev–Trinajstić information content (AvgIpc) is 3.18.